The molecule has 0 atom stereocenters. The third kappa shape index (κ3) is 3.75. The summed E-state index contributed by atoms with van der Waals surface area (Å²) in [6, 6.07) is 6.90. The van der Waals surface area contributed by atoms with Crippen LogP contribution in [0.15, 0.2) is 29.2 Å². The Balaban J connectivity index is 2.18. The predicted octanol–water partition coefficient (Wildman–Crippen LogP) is 3.33. The average molecular weight is 335 g/mol. The lowest BCUT2D eigenvalue weighted by Gasteiger charge is -2.16. The largest absolute Gasteiger partial charge is 0.465 e. The van der Waals surface area contributed by atoms with Crippen LogP contribution in [0.4, 0.5) is 0 Å². The lowest BCUT2D eigenvalue weighted by atomic mass is 10.1. The Hall–Kier alpha value is -1.66. The van der Waals surface area contributed by atoms with Gasteiger partial charge in [0.1, 0.15) is 4.32 Å². The van der Waals surface area contributed by atoms with Gasteiger partial charge in [0.05, 0.1) is 17.6 Å². The first-order valence-electron chi connectivity index (χ1n) is 6.86. The van der Waals surface area contributed by atoms with Crippen molar-refractivity contribution in [3.8, 4) is 0 Å². The number of thiocarbonyl (C=S) groups is 1. The van der Waals surface area contributed by atoms with Gasteiger partial charge in [-0.1, -0.05) is 50.0 Å². The maximum Gasteiger partial charge on any atom is 0.337 e. The second-order valence-corrected chi connectivity index (χ2v) is 6.98. The maximum absolute atomic E-state index is 12.4. The molecular weight excluding hydrogens is 318 g/mol. The molecule has 2 rings (SSSR count). The smallest absolute Gasteiger partial charge is 0.337 e. The number of thioether (sulfide) groups is 1. The molecule has 0 unspecified atom stereocenters. The van der Waals surface area contributed by atoms with E-state index in [2.05, 4.69) is 4.74 Å². The van der Waals surface area contributed by atoms with Crippen molar-refractivity contribution in [3.05, 3.63) is 40.3 Å². The second-order valence-electron chi connectivity index (χ2n) is 5.30. The average Bonchev–Trinajstić information content (AvgIpc) is 2.74. The summed E-state index contributed by atoms with van der Waals surface area (Å²) in [5, 5.41) is 0. The molecule has 4 nitrogen and oxygen atoms in total. The van der Waals surface area contributed by atoms with E-state index in [0.29, 0.717) is 27.3 Å². The Morgan fingerprint density at radius 3 is 2.55 bits per heavy atom. The Morgan fingerprint density at radius 1 is 1.36 bits per heavy atom. The summed E-state index contributed by atoms with van der Waals surface area (Å²) >= 11 is 6.58. The molecule has 1 saturated heterocycles. The number of carbonyl (C=O) groups is 2. The molecule has 0 N–H and O–H groups in total. The number of hydrogen-bond acceptors (Lipinski definition) is 5. The van der Waals surface area contributed by atoms with E-state index < -0.39 is 0 Å². The van der Waals surface area contributed by atoms with Crippen LogP contribution in [0.3, 0.4) is 0 Å². The quantitative estimate of drug-likeness (QED) is 0.480. The summed E-state index contributed by atoms with van der Waals surface area (Å²) in [6.45, 7) is 4.73. The van der Waals surface area contributed by atoms with E-state index in [1.165, 1.54) is 18.9 Å². The number of ether oxygens (including phenoxy) is 1. The first kappa shape index (κ1) is 16.7. The number of amides is 1. The molecule has 0 spiro atoms. The van der Waals surface area contributed by atoms with Crippen molar-refractivity contribution in [3.63, 3.8) is 0 Å². The molecular formula is C16H17NO3S2. The molecule has 0 saturated carbocycles. The summed E-state index contributed by atoms with van der Waals surface area (Å²) in [4.78, 5) is 26.0. The molecule has 1 heterocycles. The van der Waals surface area contributed by atoms with Gasteiger partial charge in [-0.25, -0.2) is 4.79 Å². The summed E-state index contributed by atoms with van der Waals surface area (Å²) in [6.07, 6.45) is 1.79. The van der Waals surface area contributed by atoms with E-state index in [1.54, 1.807) is 35.2 Å². The molecule has 1 aromatic carbocycles. The number of rotatable bonds is 4. The molecule has 1 aliphatic rings. The number of carbonyl (C=O) groups excluding carboxylic acids is 2. The Kier molecular flexibility index (Phi) is 5.37. The van der Waals surface area contributed by atoms with Gasteiger partial charge in [-0.05, 0) is 29.7 Å². The molecule has 1 fully saturated rings. The predicted molar refractivity (Wildman–Crippen MR) is 92.5 cm³/mol. The molecule has 0 aliphatic carbocycles. The second kappa shape index (κ2) is 7.07. The van der Waals surface area contributed by atoms with Crippen molar-refractivity contribution in [2.45, 2.75) is 13.8 Å². The van der Waals surface area contributed by atoms with E-state index in [9.17, 15) is 9.59 Å². The highest BCUT2D eigenvalue weighted by Gasteiger charge is 2.32. The molecule has 1 amide bonds. The van der Waals surface area contributed by atoms with Gasteiger partial charge in [-0.15, -0.1) is 0 Å². The topological polar surface area (TPSA) is 46.6 Å². The third-order valence-electron chi connectivity index (χ3n) is 3.05. The summed E-state index contributed by atoms with van der Waals surface area (Å²) in [5.41, 5.74) is 1.32. The number of hydrogen-bond donors (Lipinski definition) is 0. The van der Waals surface area contributed by atoms with Crippen LogP contribution < -0.4 is 0 Å². The molecule has 116 valence electrons. The van der Waals surface area contributed by atoms with Crippen molar-refractivity contribution < 1.29 is 14.3 Å². The van der Waals surface area contributed by atoms with Crippen LogP contribution in [-0.2, 0) is 9.53 Å². The van der Waals surface area contributed by atoms with Crippen molar-refractivity contribution in [1.29, 1.82) is 0 Å². The van der Waals surface area contributed by atoms with Crippen LogP contribution >= 0.6 is 24.0 Å². The zero-order valence-electron chi connectivity index (χ0n) is 12.7. The van der Waals surface area contributed by atoms with Gasteiger partial charge in [0.2, 0.25) is 0 Å². The highest BCUT2D eigenvalue weighted by Crippen LogP contribution is 2.33. The number of benzene rings is 1. The van der Waals surface area contributed by atoms with Gasteiger partial charge in [0.25, 0.3) is 5.91 Å². The highest BCUT2D eigenvalue weighted by molar-refractivity contribution is 8.26. The Bertz CT molecular complexity index is 635. The fourth-order valence-electron chi connectivity index (χ4n) is 2.01. The van der Waals surface area contributed by atoms with Crippen LogP contribution in [0, 0.1) is 5.92 Å². The van der Waals surface area contributed by atoms with E-state index in [-0.39, 0.29) is 11.9 Å². The molecule has 0 radical (unpaired) electrons. The van der Waals surface area contributed by atoms with Crippen molar-refractivity contribution in [2.75, 3.05) is 13.7 Å². The van der Waals surface area contributed by atoms with Crippen LogP contribution in [0.25, 0.3) is 6.08 Å². The summed E-state index contributed by atoms with van der Waals surface area (Å²) in [5.74, 6) is -0.0725. The van der Waals surface area contributed by atoms with E-state index in [1.807, 2.05) is 13.8 Å². The van der Waals surface area contributed by atoms with Gasteiger partial charge in [0, 0.05) is 6.54 Å². The third-order valence-corrected chi connectivity index (χ3v) is 4.43. The minimum Gasteiger partial charge on any atom is -0.465 e. The first-order chi connectivity index (χ1) is 10.4. The van der Waals surface area contributed by atoms with Gasteiger partial charge in [0.15, 0.2) is 0 Å². The van der Waals surface area contributed by atoms with Gasteiger partial charge in [-0.2, -0.15) is 0 Å². The van der Waals surface area contributed by atoms with Crippen LogP contribution in [0.1, 0.15) is 29.8 Å². The van der Waals surface area contributed by atoms with E-state index in [4.69, 9.17) is 12.2 Å². The Morgan fingerprint density at radius 2 is 2.00 bits per heavy atom. The number of nitrogens with zero attached hydrogens (tertiary/aromatic N) is 1. The van der Waals surface area contributed by atoms with E-state index >= 15 is 0 Å². The number of esters is 1. The molecule has 22 heavy (non-hydrogen) atoms. The van der Waals surface area contributed by atoms with Gasteiger partial charge in [-0.3, -0.25) is 9.69 Å². The molecule has 6 heteroatoms. The lowest BCUT2D eigenvalue weighted by molar-refractivity contribution is -0.122. The minimum atomic E-state index is -0.380. The van der Waals surface area contributed by atoms with Crippen LogP contribution in [0.2, 0.25) is 0 Å². The molecule has 1 aromatic rings. The highest BCUT2D eigenvalue weighted by atomic mass is 32.2. The van der Waals surface area contributed by atoms with Gasteiger partial charge < -0.3 is 4.74 Å². The summed E-state index contributed by atoms with van der Waals surface area (Å²) < 4.78 is 5.25. The zero-order valence-corrected chi connectivity index (χ0v) is 14.3. The van der Waals surface area contributed by atoms with Crippen LogP contribution in [0.5, 0.6) is 0 Å². The van der Waals surface area contributed by atoms with Crippen molar-refractivity contribution in [2.24, 2.45) is 5.92 Å². The monoisotopic (exact) mass is 335 g/mol. The first-order valence-corrected chi connectivity index (χ1v) is 8.08. The molecule has 0 bridgehead atoms. The maximum atomic E-state index is 12.4. The fourth-order valence-corrected chi connectivity index (χ4v) is 3.28. The van der Waals surface area contributed by atoms with Crippen LogP contribution in [-0.4, -0.2) is 34.8 Å². The van der Waals surface area contributed by atoms with Gasteiger partial charge >= 0.3 is 5.97 Å². The Labute approximate surface area is 139 Å². The lowest BCUT2D eigenvalue weighted by Crippen LogP contribution is -2.31. The summed E-state index contributed by atoms with van der Waals surface area (Å²) in [7, 11) is 1.34. The molecule has 0 aromatic heterocycles. The number of methoxy groups -OCH3 is 1. The fraction of sp³-hybridized carbons (Fsp3) is 0.312. The van der Waals surface area contributed by atoms with Crippen molar-refractivity contribution >= 4 is 46.3 Å². The SMILES string of the molecule is COC(=O)c1ccc(C=C2SC(=S)N(CC(C)C)C2=O)cc1. The van der Waals surface area contributed by atoms with Crippen molar-refractivity contribution in [1.82, 2.24) is 4.90 Å². The minimum absolute atomic E-state index is 0.0549. The standard InChI is InChI=1S/C16H17NO3S2/c1-10(2)9-17-14(18)13(22-16(17)21)8-11-4-6-12(7-5-11)15(19)20-3/h4-8,10H,9H2,1-3H3. The van der Waals surface area contributed by atoms with E-state index in [0.717, 1.165) is 5.56 Å². The molecule has 1 aliphatic heterocycles. The zero-order chi connectivity index (χ0) is 16.3. The normalized spacial score (nSPS) is 16.7.